The molecule has 1 heterocycles. The van der Waals surface area contributed by atoms with Crippen molar-refractivity contribution in [2.24, 2.45) is 0 Å². The summed E-state index contributed by atoms with van der Waals surface area (Å²) in [5, 5.41) is 5.88. The number of anilines is 1. The minimum absolute atomic E-state index is 0.230. The monoisotopic (exact) mass is 418 g/mol. The second-order valence-corrected chi connectivity index (χ2v) is 7.13. The molecule has 1 N–H and O–H groups in total. The maximum absolute atomic E-state index is 12.0. The van der Waals surface area contributed by atoms with Gasteiger partial charge in [-0.2, -0.15) is 0 Å². The summed E-state index contributed by atoms with van der Waals surface area (Å²) in [6.45, 7) is 0. The molecule has 3 aromatic rings. The third-order valence-electron chi connectivity index (χ3n) is 3.15. The van der Waals surface area contributed by atoms with Crippen LogP contribution in [0.2, 0.25) is 5.02 Å². The van der Waals surface area contributed by atoms with Crippen molar-refractivity contribution in [1.82, 2.24) is 4.98 Å². The van der Waals surface area contributed by atoms with Crippen LogP contribution in [-0.2, 0) is 4.79 Å². The molecule has 3 nitrogen and oxygen atoms in total. The molecule has 0 aliphatic rings. The molecule has 3 rings (SSSR count). The first-order valence-corrected chi connectivity index (χ1v) is 9.11. The van der Waals surface area contributed by atoms with Crippen LogP contribution in [0.3, 0.4) is 0 Å². The van der Waals surface area contributed by atoms with Crippen LogP contribution in [0.15, 0.2) is 64.5 Å². The zero-order valence-electron chi connectivity index (χ0n) is 12.4. The van der Waals surface area contributed by atoms with Crippen molar-refractivity contribution in [3.8, 4) is 11.3 Å². The number of aromatic nitrogens is 1. The summed E-state index contributed by atoms with van der Waals surface area (Å²) in [4.78, 5) is 16.4. The zero-order valence-corrected chi connectivity index (χ0v) is 15.5. The highest BCUT2D eigenvalue weighted by molar-refractivity contribution is 9.10. The Morgan fingerprint density at radius 3 is 2.75 bits per heavy atom. The second-order valence-electron chi connectivity index (χ2n) is 4.92. The SMILES string of the molecule is O=C(C=Cc1cccc(Cl)c1)Nc1nc(-c2ccc(Br)cc2)cs1. The van der Waals surface area contributed by atoms with E-state index in [1.165, 1.54) is 17.4 Å². The number of amides is 1. The molecule has 0 aliphatic carbocycles. The number of nitrogens with one attached hydrogen (secondary N) is 1. The van der Waals surface area contributed by atoms with Gasteiger partial charge >= 0.3 is 0 Å². The van der Waals surface area contributed by atoms with Crippen LogP contribution in [0.1, 0.15) is 5.56 Å². The first-order chi connectivity index (χ1) is 11.6. The van der Waals surface area contributed by atoms with Crippen LogP contribution >= 0.6 is 38.9 Å². The molecule has 120 valence electrons. The summed E-state index contributed by atoms with van der Waals surface area (Å²) in [6, 6.07) is 15.2. The summed E-state index contributed by atoms with van der Waals surface area (Å²) < 4.78 is 1.01. The van der Waals surface area contributed by atoms with E-state index in [1.807, 2.05) is 41.8 Å². The van der Waals surface area contributed by atoms with Crippen molar-refractivity contribution in [2.75, 3.05) is 5.32 Å². The highest BCUT2D eigenvalue weighted by Crippen LogP contribution is 2.26. The van der Waals surface area contributed by atoms with Crippen LogP contribution in [0.4, 0.5) is 5.13 Å². The van der Waals surface area contributed by atoms with Gasteiger partial charge in [-0.1, -0.05) is 51.8 Å². The third-order valence-corrected chi connectivity index (χ3v) is 4.67. The number of hydrogen-bond donors (Lipinski definition) is 1. The van der Waals surface area contributed by atoms with E-state index in [0.717, 1.165) is 21.3 Å². The van der Waals surface area contributed by atoms with Crippen molar-refractivity contribution in [3.05, 3.63) is 75.0 Å². The molecular formula is C18H12BrClN2OS. The molecule has 0 spiro atoms. The Bertz CT molecular complexity index is 890. The van der Waals surface area contributed by atoms with Crippen molar-refractivity contribution >= 4 is 56.0 Å². The number of benzene rings is 2. The molecule has 2 aromatic carbocycles. The predicted molar refractivity (Wildman–Crippen MR) is 104 cm³/mol. The molecule has 0 bridgehead atoms. The molecule has 6 heteroatoms. The standard InChI is InChI=1S/C18H12BrClN2OS/c19-14-7-5-13(6-8-14)16-11-24-18(21-16)22-17(23)9-4-12-2-1-3-15(20)10-12/h1-11H,(H,21,22,23). The molecule has 0 unspecified atom stereocenters. The highest BCUT2D eigenvalue weighted by atomic mass is 79.9. The molecule has 24 heavy (non-hydrogen) atoms. The van der Waals surface area contributed by atoms with Gasteiger partial charge in [0.05, 0.1) is 5.69 Å². The Labute approximate surface area is 157 Å². The van der Waals surface area contributed by atoms with Gasteiger partial charge in [0.2, 0.25) is 5.91 Å². The first kappa shape index (κ1) is 16.9. The zero-order chi connectivity index (χ0) is 16.9. The molecule has 0 atom stereocenters. The number of thiazole rings is 1. The fraction of sp³-hybridized carbons (Fsp3) is 0. The molecule has 0 fully saturated rings. The van der Waals surface area contributed by atoms with Crippen LogP contribution in [0.25, 0.3) is 17.3 Å². The van der Waals surface area contributed by atoms with Gasteiger partial charge in [0.25, 0.3) is 0 Å². The van der Waals surface area contributed by atoms with Crippen molar-refractivity contribution in [1.29, 1.82) is 0 Å². The average Bonchev–Trinajstić information content (AvgIpc) is 3.02. The Kier molecular flexibility index (Phi) is 5.45. The summed E-state index contributed by atoms with van der Waals surface area (Å²) in [5.74, 6) is -0.230. The maximum Gasteiger partial charge on any atom is 0.250 e. The number of halogens is 2. The summed E-state index contributed by atoms with van der Waals surface area (Å²) in [7, 11) is 0. The van der Waals surface area contributed by atoms with Gasteiger partial charge in [0.15, 0.2) is 5.13 Å². The lowest BCUT2D eigenvalue weighted by Crippen LogP contribution is -2.07. The Hall–Kier alpha value is -1.95. The topological polar surface area (TPSA) is 42.0 Å². The number of rotatable bonds is 4. The Morgan fingerprint density at radius 1 is 1.21 bits per heavy atom. The fourth-order valence-electron chi connectivity index (χ4n) is 2.01. The summed E-state index contributed by atoms with van der Waals surface area (Å²) in [5.41, 5.74) is 2.71. The second kappa shape index (κ2) is 7.75. The largest absolute Gasteiger partial charge is 0.298 e. The van der Waals surface area contributed by atoms with Gasteiger partial charge in [-0.3, -0.25) is 10.1 Å². The van der Waals surface area contributed by atoms with Crippen LogP contribution in [0, 0.1) is 0 Å². The predicted octanol–water partition coefficient (Wildman–Crippen LogP) is 5.88. The third kappa shape index (κ3) is 4.54. The summed E-state index contributed by atoms with van der Waals surface area (Å²) >= 11 is 10.7. The van der Waals surface area contributed by atoms with Crippen molar-refractivity contribution < 1.29 is 4.79 Å². The van der Waals surface area contributed by atoms with E-state index in [2.05, 4.69) is 26.2 Å². The number of carbonyl (C=O) groups excluding carboxylic acids is 1. The minimum Gasteiger partial charge on any atom is -0.298 e. The molecule has 0 radical (unpaired) electrons. The van der Waals surface area contributed by atoms with Gasteiger partial charge < -0.3 is 0 Å². The highest BCUT2D eigenvalue weighted by Gasteiger charge is 2.06. The number of nitrogens with zero attached hydrogens (tertiary/aromatic N) is 1. The average molecular weight is 420 g/mol. The van der Waals surface area contributed by atoms with E-state index >= 15 is 0 Å². The number of hydrogen-bond acceptors (Lipinski definition) is 3. The molecular weight excluding hydrogens is 408 g/mol. The Morgan fingerprint density at radius 2 is 2.00 bits per heavy atom. The van der Waals surface area contributed by atoms with E-state index < -0.39 is 0 Å². The quantitative estimate of drug-likeness (QED) is 0.537. The molecule has 0 saturated carbocycles. The first-order valence-electron chi connectivity index (χ1n) is 7.06. The van der Waals surface area contributed by atoms with Crippen molar-refractivity contribution in [3.63, 3.8) is 0 Å². The maximum atomic E-state index is 12.0. The lowest BCUT2D eigenvalue weighted by molar-refractivity contribution is -0.111. The molecule has 1 amide bonds. The van der Waals surface area contributed by atoms with Crippen molar-refractivity contribution in [2.45, 2.75) is 0 Å². The molecule has 0 saturated heterocycles. The van der Waals surface area contributed by atoms with Crippen LogP contribution in [-0.4, -0.2) is 10.9 Å². The van der Waals surface area contributed by atoms with Gasteiger partial charge in [0.1, 0.15) is 0 Å². The van der Waals surface area contributed by atoms with Crippen LogP contribution in [0.5, 0.6) is 0 Å². The van der Waals surface area contributed by atoms with E-state index in [4.69, 9.17) is 11.6 Å². The van der Waals surface area contributed by atoms with E-state index in [-0.39, 0.29) is 5.91 Å². The normalized spacial score (nSPS) is 10.9. The number of carbonyl (C=O) groups is 1. The lowest BCUT2D eigenvalue weighted by atomic mass is 10.2. The van der Waals surface area contributed by atoms with Gasteiger partial charge in [-0.15, -0.1) is 11.3 Å². The smallest absolute Gasteiger partial charge is 0.250 e. The van der Waals surface area contributed by atoms with E-state index in [0.29, 0.717) is 10.2 Å². The molecule has 0 aliphatic heterocycles. The van der Waals surface area contributed by atoms with Crippen LogP contribution < -0.4 is 5.32 Å². The summed E-state index contributed by atoms with van der Waals surface area (Å²) in [6.07, 6.45) is 3.18. The fourth-order valence-corrected chi connectivity index (χ4v) is 3.20. The van der Waals surface area contributed by atoms with Gasteiger partial charge in [0, 0.05) is 26.5 Å². The van der Waals surface area contributed by atoms with Gasteiger partial charge in [-0.25, -0.2) is 4.98 Å². The molecule has 1 aromatic heterocycles. The lowest BCUT2D eigenvalue weighted by Gasteiger charge is -1.98. The van der Waals surface area contributed by atoms with Gasteiger partial charge in [-0.05, 0) is 35.9 Å². The van der Waals surface area contributed by atoms with E-state index in [1.54, 1.807) is 18.2 Å². The van der Waals surface area contributed by atoms with E-state index in [9.17, 15) is 4.79 Å². The Balaban J connectivity index is 1.66. The minimum atomic E-state index is -0.230.